The van der Waals surface area contributed by atoms with Gasteiger partial charge in [0.1, 0.15) is 17.0 Å². The minimum absolute atomic E-state index is 0.782. The Bertz CT molecular complexity index is 1000. The molecule has 29 heavy (non-hydrogen) atoms. The number of aromatic nitrogens is 1. The van der Waals surface area contributed by atoms with Gasteiger partial charge in [-0.05, 0) is 42.8 Å². The Morgan fingerprint density at radius 1 is 1.00 bits per heavy atom. The first kappa shape index (κ1) is 19.5. The van der Waals surface area contributed by atoms with Gasteiger partial charge in [-0.15, -0.1) is 11.3 Å². The van der Waals surface area contributed by atoms with Crippen LogP contribution in [0.1, 0.15) is 39.0 Å². The lowest BCUT2D eigenvalue weighted by atomic mass is 10.2. The molecule has 0 atom stereocenters. The third-order valence-electron chi connectivity index (χ3n) is 4.80. The lowest BCUT2D eigenvalue weighted by Crippen LogP contribution is -1.97. The molecule has 1 N–H and O–H groups in total. The maximum atomic E-state index is 5.90. The Morgan fingerprint density at radius 2 is 1.83 bits per heavy atom. The van der Waals surface area contributed by atoms with E-state index in [0.29, 0.717) is 0 Å². The molecule has 2 aromatic carbocycles. The monoisotopic (exact) mass is 406 g/mol. The summed E-state index contributed by atoms with van der Waals surface area (Å²) in [6.07, 6.45) is 6.24. The summed E-state index contributed by atoms with van der Waals surface area (Å²) in [5.74, 6) is 1.70. The van der Waals surface area contributed by atoms with E-state index in [2.05, 4.69) is 17.2 Å². The predicted molar refractivity (Wildman–Crippen MR) is 121 cm³/mol. The summed E-state index contributed by atoms with van der Waals surface area (Å²) in [5, 5.41) is 7.29. The fourth-order valence-electron chi connectivity index (χ4n) is 3.21. The Hall–Kier alpha value is -2.79. The molecule has 5 heteroatoms. The molecule has 0 fully saturated rings. The highest BCUT2D eigenvalue weighted by atomic mass is 32.1. The van der Waals surface area contributed by atoms with Crippen molar-refractivity contribution in [1.82, 2.24) is 4.98 Å². The molecule has 4 rings (SSSR count). The van der Waals surface area contributed by atoms with E-state index in [1.807, 2.05) is 60.0 Å². The standard InChI is InChI=1S/C24H26N2O2S/c1-2-3-4-5-8-15-27-20-13-11-19(12-14-20)25-24-26-21(17-29-24)23-16-18-9-6-7-10-22(18)28-23/h6-7,9-14,16-17H,2-5,8,15H2,1H3,(H,25,26). The number of unbranched alkanes of at least 4 members (excludes halogenated alkanes) is 4. The second kappa shape index (κ2) is 9.61. The third kappa shape index (κ3) is 5.18. The van der Waals surface area contributed by atoms with Gasteiger partial charge in [-0.25, -0.2) is 4.98 Å². The lowest BCUT2D eigenvalue weighted by molar-refractivity contribution is 0.304. The average Bonchev–Trinajstić information content (AvgIpc) is 3.38. The van der Waals surface area contributed by atoms with Crippen molar-refractivity contribution in [2.24, 2.45) is 0 Å². The number of nitrogens with one attached hydrogen (secondary N) is 1. The Balaban J connectivity index is 1.31. The van der Waals surface area contributed by atoms with Crippen molar-refractivity contribution in [3.8, 4) is 17.2 Å². The zero-order chi connectivity index (χ0) is 19.9. The number of hydrogen-bond donors (Lipinski definition) is 1. The molecular weight excluding hydrogens is 380 g/mol. The van der Waals surface area contributed by atoms with Crippen molar-refractivity contribution in [3.63, 3.8) is 0 Å². The van der Waals surface area contributed by atoms with Crippen LogP contribution in [0.15, 0.2) is 64.4 Å². The second-order valence-corrected chi connectivity index (χ2v) is 7.96. The summed E-state index contributed by atoms with van der Waals surface area (Å²) in [7, 11) is 0. The number of thiazole rings is 1. The van der Waals surface area contributed by atoms with Crippen molar-refractivity contribution in [2.75, 3.05) is 11.9 Å². The van der Waals surface area contributed by atoms with Gasteiger partial charge in [0.25, 0.3) is 0 Å². The van der Waals surface area contributed by atoms with Gasteiger partial charge in [0.15, 0.2) is 10.9 Å². The molecule has 0 unspecified atom stereocenters. The number of nitrogens with zero attached hydrogens (tertiary/aromatic N) is 1. The van der Waals surface area contributed by atoms with Crippen LogP contribution in [0, 0.1) is 0 Å². The van der Waals surface area contributed by atoms with Crippen LogP contribution >= 0.6 is 11.3 Å². The van der Waals surface area contributed by atoms with Crippen molar-refractivity contribution >= 4 is 33.1 Å². The SMILES string of the molecule is CCCCCCCOc1ccc(Nc2nc(-c3cc4ccccc4o3)cs2)cc1. The first-order chi connectivity index (χ1) is 14.3. The van der Waals surface area contributed by atoms with E-state index in [1.165, 1.54) is 25.7 Å². The summed E-state index contributed by atoms with van der Waals surface area (Å²) in [6, 6.07) is 18.1. The van der Waals surface area contributed by atoms with Crippen LogP contribution in [0.25, 0.3) is 22.4 Å². The Kier molecular flexibility index (Phi) is 6.47. The third-order valence-corrected chi connectivity index (χ3v) is 5.56. The van der Waals surface area contributed by atoms with E-state index in [0.717, 1.165) is 52.0 Å². The van der Waals surface area contributed by atoms with Crippen LogP contribution in [0.2, 0.25) is 0 Å². The van der Waals surface area contributed by atoms with Crippen LogP contribution in [0.4, 0.5) is 10.8 Å². The molecule has 2 aromatic heterocycles. The van der Waals surface area contributed by atoms with Crippen molar-refractivity contribution < 1.29 is 9.15 Å². The molecule has 0 bridgehead atoms. The van der Waals surface area contributed by atoms with Crippen LogP contribution in [0.5, 0.6) is 5.75 Å². The number of hydrogen-bond acceptors (Lipinski definition) is 5. The quantitative estimate of drug-likeness (QED) is 0.275. The van der Waals surface area contributed by atoms with Gasteiger partial charge in [-0.2, -0.15) is 0 Å². The van der Waals surface area contributed by atoms with Gasteiger partial charge in [0.05, 0.1) is 6.61 Å². The number of ether oxygens (including phenoxy) is 1. The van der Waals surface area contributed by atoms with Gasteiger partial charge < -0.3 is 14.5 Å². The van der Waals surface area contributed by atoms with Crippen molar-refractivity contribution in [2.45, 2.75) is 39.0 Å². The van der Waals surface area contributed by atoms with E-state index >= 15 is 0 Å². The lowest BCUT2D eigenvalue weighted by Gasteiger charge is -2.07. The van der Waals surface area contributed by atoms with Crippen molar-refractivity contribution in [3.05, 3.63) is 60.0 Å². The van der Waals surface area contributed by atoms with Crippen molar-refractivity contribution in [1.29, 1.82) is 0 Å². The van der Waals surface area contributed by atoms with E-state index in [-0.39, 0.29) is 0 Å². The molecule has 0 spiro atoms. The number of rotatable bonds is 10. The zero-order valence-corrected chi connectivity index (χ0v) is 17.5. The number of benzene rings is 2. The van der Waals surface area contributed by atoms with Crippen LogP contribution in [0.3, 0.4) is 0 Å². The smallest absolute Gasteiger partial charge is 0.187 e. The summed E-state index contributed by atoms with van der Waals surface area (Å²) >= 11 is 1.56. The molecule has 150 valence electrons. The van der Waals surface area contributed by atoms with Gasteiger partial charge in [0, 0.05) is 16.5 Å². The normalized spacial score (nSPS) is 11.1. The summed E-state index contributed by atoms with van der Waals surface area (Å²) < 4.78 is 11.7. The average molecular weight is 407 g/mol. The highest BCUT2D eigenvalue weighted by molar-refractivity contribution is 7.14. The first-order valence-electron chi connectivity index (χ1n) is 10.3. The van der Waals surface area contributed by atoms with Crippen LogP contribution < -0.4 is 10.1 Å². The second-order valence-electron chi connectivity index (χ2n) is 7.10. The minimum Gasteiger partial charge on any atom is -0.494 e. The highest BCUT2D eigenvalue weighted by Gasteiger charge is 2.10. The topological polar surface area (TPSA) is 47.3 Å². The predicted octanol–water partition coefficient (Wildman–Crippen LogP) is 7.65. The fourth-order valence-corrected chi connectivity index (χ4v) is 3.93. The fraction of sp³-hybridized carbons (Fsp3) is 0.292. The van der Waals surface area contributed by atoms with E-state index < -0.39 is 0 Å². The molecule has 0 radical (unpaired) electrons. The molecule has 0 amide bonds. The molecule has 2 heterocycles. The van der Waals surface area contributed by atoms with E-state index in [9.17, 15) is 0 Å². The highest BCUT2D eigenvalue weighted by Crippen LogP contribution is 2.31. The molecule has 0 aliphatic carbocycles. The maximum absolute atomic E-state index is 5.90. The molecule has 4 aromatic rings. The summed E-state index contributed by atoms with van der Waals surface area (Å²) in [6.45, 7) is 3.02. The number of fused-ring (bicyclic) bond motifs is 1. The largest absolute Gasteiger partial charge is 0.494 e. The van der Waals surface area contributed by atoms with Gasteiger partial charge in [-0.1, -0.05) is 50.8 Å². The van der Waals surface area contributed by atoms with Gasteiger partial charge in [0.2, 0.25) is 0 Å². The van der Waals surface area contributed by atoms with Gasteiger partial charge in [-0.3, -0.25) is 0 Å². The van der Waals surface area contributed by atoms with Crippen LogP contribution in [-0.2, 0) is 0 Å². The number of anilines is 2. The zero-order valence-electron chi connectivity index (χ0n) is 16.7. The van der Waals surface area contributed by atoms with Crippen LogP contribution in [-0.4, -0.2) is 11.6 Å². The molecule has 0 aliphatic rings. The number of furan rings is 1. The summed E-state index contributed by atoms with van der Waals surface area (Å²) in [4.78, 5) is 4.66. The molecule has 0 saturated heterocycles. The maximum Gasteiger partial charge on any atom is 0.187 e. The first-order valence-corrected chi connectivity index (χ1v) is 11.1. The molecule has 0 saturated carbocycles. The minimum atomic E-state index is 0.782. The molecular formula is C24H26N2O2S. The molecule has 4 nitrogen and oxygen atoms in total. The number of para-hydroxylation sites is 1. The Morgan fingerprint density at radius 3 is 2.66 bits per heavy atom. The van der Waals surface area contributed by atoms with E-state index in [1.54, 1.807) is 11.3 Å². The van der Waals surface area contributed by atoms with E-state index in [4.69, 9.17) is 9.15 Å². The Labute approximate surface area is 175 Å². The molecule has 0 aliphatic heterocycles. The summed E-state index contributed by atoms with van der Waals surface area (Å²) in [5.41, 5.74) is 2.72. The van der Waals surface area contributed by atoms with Gasteiger partial charge >= 0.3 is 0 Å².